The zero-order valence-electron chi connectivity index (χ0n) is 16.0. The molecule has 4 nitrogen and oxygen atoms in total. The van der Waals surface area contributed by atoms with E-state index in [4.69, 9.17) is 4.98 Å². The number of hydrogen-bond acceptors (Lipinski definition) is 4. The number of benzene rings is 1. The van der Waals surface area contributed by atoms with Crippen molar-refractivity contribution in [2.75, 3.05) is 6.54 Å². The Hall–Kier alpha value is -2.05. The number of nitrogens with zero attached hydrogens (tertiary/aromatic N) is 4. The maximum absolute atomic E-state index is 13.5. The zero-order chi connectivity index (χ0) is 18.9. The van der Waals surface area contributed by atoms with Gasteiger partial charge >= 0.3 is 0 Å². The Kier molecular flexibility index (Phi) is 4.99. The Bertz CT molecular complexity index is 957. The fraction of sp³-hybridized carbons (Fsp3) is 0.455. The topological polar surface area (TPSA) is 34.0 Å². The van der Waals surface area contributed by atoms with Crippen LogP contribution in [0.3, 0.4) is 0 Å². The van der Waals surface area contributed by atoms with Crippen molar-refractivity contribution < 1.29 is 4.39 Å². The fourth-order valence-corrected chi connectivity index (χ4v) is 5.54. The van der Waals surface area contributed by atoms with Gasteiger partial charge in [-0.2, -0.15) is 5.10 Å². The van der Waals surface area contributed by atoms with E-state index in [1.54, 1.807) is 23.5 Å². The van der Waals surface area contributed by atoms with Crippen LogP contribution in [0.2, 0.25) is 0 Å². The van der Waals surface area contributed by atoms with Crippen LogP contribution in [0.15, 0.2) is 36.7 Å². The summed E-state index contributed by atoms with van der Waals surface area (Å²) in [5, 5.41) is 5.57. The molecule has 1 saturated carbocycles. The molecule has 28 heavy (non-hydrogen) atoms. The number of aromatic nitrogens is 3. The molecule has 0 atom stereocenters. The number of halogens is 1. The third-order valence-electron chi connectivity index (χ3n) is 5.89. The van der Waals surface area contributed by atoms with Crippen molar-refractivity contribution in [1.82, 2.24) is 19.7 Å². The van der Waals surface area contributed by atoms with E-state index in [-0.39, 0.29) is 5.82 Å². The highest BCUT2D eigenvalue weighted by atomic mass is 32.1. The molecule has 0 saturated heterocycles. The number of rotatable bonds is 4. The molecule has 2 aliphatic rings. The van der Waals surface area contributed by atoms with Gasteiger partial charge in [-0.05, 0) is 25.0 Å². The second-order valence-corrected chi connectivity index (χ2v) is 9.06. The molecule has 0 radical (unpaired) electrons. The summed E-state index contributed by atoms with van der Waals surface area (Å²) in [4.78, 5) is 8.56. The van der Waals surface area contributed by atoms with Crippen molar-refractivity contribution in [2.45, 2.75) is 57.7 Å². The van der Waals surface area contributed by atoms with Crippen LogP contribution in [0.25, 0.3) is 10.6 Å². The minimum atomic E-state index is -0.206. The third-order valence-corrected chi connectivity index (χ3v) is 7.02. The predicted octanol–water partition coefficient (Wildman–Crippen LogP) is 5.21. The van der Waals surface area contributed by atoms with Crippen molar-refractivity contribution in [2.24, 2.45) is 0 Å². The molecule has 3 aromatic rings. The van der Waals surface area contributed by atoms with Crippen molar-refractivity contribution in [1.29, 1.82) is 0 Å². The Morgan fingerprint density at radius 1 is 1.18 bits per heavy atom. The van der Waals surface area contributed by atoms with Gasteiger partial charge in [-0.15, -0.1) is 11.3 Å². The maximum Gasteiger partial charge on any atom is 0.124 e. The highest BCUT2D eigenvalue weighted by Gasteiger charge is 2.22. The highest BCUT2D eigenvalue weighted by molar-refractivity contribution is 7.15. The standard InChI is InChI=1S/C22H25FN4S/c23-18-6-4-5-17(11-18)22-25-20-9-10-26(15-21(20)28-22)13-16-12-24-27(14-16)19-7-2-1-3-8-19/h4-6,11-12,14,19H,1-3,7-10,13,15H2. The lowest BCUT2D eigenvalue weighted by Crippen LogP contribution is -2.29. The summed E-state index contributed by atoms with van der Waals surface area (Å²) in [5.41, 5.74) is 3.35. The van der Waals surface area contributed by atoms with Crippen molar-refractivity contribution >= 4 is 11.3 Å². The van der Waals surface area contributed by atoms with E-state index in [9.17, 15) is 4.39 Å². The predicted molar refractivity (Wildman–Crippen MR) is 110 cm³/mol. The van der Waals surface area contributed by atoms with Gasteiger partial charge in [-0.1, -0.05) is 31.4 Å². The first-order chi connectivity index (χ1) is 13.7. The molecule has 0 unspecified atom stereocenters. The molecule has 0 bridgehead atoms. The van der Waals surface area contributed by atoms with E-state index in [2.05, 4.69) is 20.9 Å². The first-order valence-electron chi connectivity index (χ1n) is 10.2. The number of fused-ring (bicyclic) bond motifs is 1. The molecule has 1 fully saturated rings. The second kappa shape index (κ2) is 7.76. The third kappa shape index (κ3) is 3.76. The van der Waals surface area contributed by atoms with Crippen LogP contribution in [-0.2, 0) is 19.5 Å². The van der Waals surface area contributed by atoms with Crippen LogP contribution in [0.5, 0.6) is 0 Å². The van der Waals surface area contributed by atoms with Crippen LogP contribution in [0, 0.1) is 5.82 Å². The molecule has 0 amide bonds. The lowest BCUT2D eigenvalue weighted by atomic mass is 9.96. The monoisotopic (exact) mass is 396 g/mol. The van der Waals surface area contributed by atoms with Gasteiger partial charge < -0.3 is 0 Å². The van der Waals surface area contributed by atoms with Crippen molar-refractivity contribution in [3.63, 3.8) is 0 Å². The first kappa shape index (κ1) is 18.0. The molecule has 0 spiro atoms. The van der Waals surface area contributed by atoms with E-state index >= 15 is 0 Å². The van der Waals surface area contributed by atoms with Gasteiger partial charge in [0, 0.05) is 48.3 Å². The van der Waals surface area contributed by atoms with Gasteiger partial charge in [0.05, 0.1) is 17.9 Å². The van der Waals surface area contributed by atoms with E-state index < -0.39 is 0 Å². The van der Waals surface area contributed by atoms with Gasteiger partial charge in [0.2, 0.25) is 0 Å². The second-order valence-electron chi connectivity index (χ2n) is 7.98. The summed E-state index contributed by atoms with van der Waals surface area (Å²) in [5.74, 6) is -0.206. The van der Waals surface area contributed by atoms with E-state index in [1.807, 2.05) is 12.3 Å². The normalized spacial score (nSPS) is 18.3. The van der Waals surface area contributed by atoms with Gasteiger partial charge in [-0.3, -0.25) is 9.58 Å². The molecule has 3 heterocycles. The minimum Gasteiger partial charge on any atom is -0.293 e. The largest absolute Gasteiger partial charge is 0.293 e. The lowest BCUT2D eigenvalue weighted by Gasteiger charge is -2.25. The molecule has 1 aliphatic carbocycles. The molecule has 1 aromatic carbocycles. The SMILES string of the molecule is Fc1cccc(-c2nc3c(s2)CN(Cc2cnn(C4CCCCC4)c2)CC3)c1. The average Bonchev–Trinajstić information content (AvgIpc) is 3.35. The lowest BCUT2D eigenvalue weighted by molar-refractivity contribution is 0.247. The summed E-state index contributed by atoms with van der Waals surface area (Å²) >= 11 is 1.70. The molecule has 6 heteroatoms. The van der Waals surface area contributed by atoms with Gasteiger partial charge in [0.1, 0.15) is 10.8 Å². The van der Waals surface area contributed by atoms with Crippen molar-refractivity contribution in [3.8, 4) is 10.6 Å². The quantitative estimate of drug-likeness (QED) is 0.607. The smallest absolute Gasteiger partial charge is 0.124 e. The fourth-order valence-electron chi connectivity index (χ4n) is 4.39. The van der Waals surface area contributed by atoms with E-state index in [1.165, 1.54) is 54.3 Å². The molecule has 146 valence electrons. The Morgan fingerprint density at radius 2 is 2.07 bits per heavy atom. The maximum atomic E-state index is 13.5. The van der Waals surface area contributed by atoms with E-state index in [0.717, 1.165) is 36.6 Å². The molecular formula is C22H25FN4S. The Morgan fingerprint density at radius 3 is 2.93 bits per heavy atom. The molecule has 5 rings (SSSR count). The summed E-state index contributed by atoms with van der Waals surface area (Å²) in [6.45, 7) is 2.85. The number of thiazole rings is 1. The molecule has 1 aliphatic heterocycles. The number of hydrogen-bond donors (Lipinski definition) is 0. The van der Waals surface area contributed by atoms with Gasteiger partial charge in [-0.25, -0.2) is 9.37 Å². The first-order valence-corrected chi connectivity index (χ1v) is 11.1. The zero-order valence-corrected chi connectivity index (χ0v) is 16.8. The summed E-state index contributed by atoms with van der Waals surface area (Å²) in [6, 6.07) is 7.32. The van der Waals surface area contributed by atoms with Crippen LogP contribution in [0.1, 0.15) is 54.3 Å². The van der Waals surface area contributed by atoms with Gasteiger partial charge in [0.15, 0.2) is 0 Å². The van der Waals surface area contributed by atoms with Crippen LogP contribution < -0.4 is 0 Å². The summed E-state index contributed by atoms with van der Waals surface area (Å²) in [6.07, 6.45) is 11.8. The van der Waals surface area contributed by atoms with Crippen molar-refractivity contribution in [3.05, 3.63) is 58.6 Å². The minimum absolute atomic E-state index is 0.206. The van der Waals surface area contributed by atoms with Crippen LogP contribution in [0.4, 0.5) is 4.39 Å². The van der Waals surface area contributed by atoms with E-state index in [0.29, 0.717) is 6.04 Å². The van der Waals surface area contributed by atoms with Crippen LogP contribution in [-0.4, -0.2) is 26.2 Å². The Balaban J connectivity index is 1.27. The summed E-state index contributed by atoms with van der Waals surface area (Å²) < 4.78 is 15.7. The summed E-state index contributed by atoms with van der Waals surface area (Å²) in [7, 11) is 0. The average molecular weight is 397 g/mol. The van der Waals surface area contributed by atoms with Gasteiger partial charge in [0.25, 0.3) is 0 Å². The molecular weight excluding hydrogens is 371 g/mol. The highest BCUT2D eigenvalue weighted by Crippen LogP contribution is 2.32. The molecule has 2 aromatic heterocycles. The Labute approximate surface area is 169 Å². The van der Waals surface area contributed by atoms with Crippen LogP contribution >= 0.6 is 11.3 Å². The molecule has 0 N–H and O–H groups in total.